The monoisotopic (exact) mass is 326 g/mol. The van der Waals surface area contributed by atoms with Crippen LogP contribution in [-0.2, 0) is 0 Å². The number of rotatable bonds is 3. The topological polar surface area (TPSA) is 63.1 Å². The van der Waals surface area contributed by atoms with Crippen molar-refractivity contribution in [2.24, 2.45) is 0 Å². The molecule has 1 N–H and O–H groups in total. The fourth-order valence-corrected chi connectivity index (χ4v) is 2.72. The van der Waals surface area contributed by atoms with E-state index in [1.54, 1.807) is 18.3 Å². The largest absolute Gasteiger partial charge is 0.508 e. The smallest absolute Gasteiger partial charge is 0.212 e. The highest BCUT2D eigenvalue weighted by molar-refractivity contribution is 6.07. The molecular weight excluding hydrogens is 312 g/mol. The third-order valence-corrected chi connectivity index (χ3v) is 4.04. The zero-order valence-corrected chi connectivity index (χ0v) is 13.3. The van der Waals surface area contributed by atoms with Gasteiger partial charge in [-0.1, -0.05) is 36.4 Å². The molecule has 0 radical (unpaired) electrons. The molecule has 1 aromatic heterocycles. The van der Waals surface area contributed by atoms with Gasteiger partial charge >= 0.3 is 0 Å². The molecule has 120 valence electrons. The van der Waals surface area contributed by atoms with E-state index < -0.39 is 0 Å². The number of hydrogen-bond acceptors (Lipinski definition) is 4. The van der Waals surface area contributed by atoms with Crippen LogP contribution < -0.4 is 0 Å². The summed E-state index contributed by atoms with van der Waals surface area (Å²) in [5.41, 5.74) is 2.29. The lowest BCUT2D eigenvalue weighted by Gasteiger charge is -2.06. The molecule has 0 saturated heterocycles. The van der Waals surface area contributed by atoms with Crippen LogP contribution in [0.1, 0.15) is 16.1 Å². The molecule has 0 aliphatic carbocycles. The van der Waals surface area contributed by atoms with Crippen molar-refractivity contribution in [1.29, 1.82) is 0 Å². The van der Waals surface area contributed by atoms with E-state index >= 15 is 0 Å². The summed E-state index contributed by atoms with van der Waals surface area (Å²) in [6.07, 6.45) is 3.11. The Labute approximate surface area is 144 Å². The molecule has 0 aliphatic rings. The van der Waals surface area contributed by atoms with Gasteiger partial charge in [-0.25, -0.2) is 4.98 Å². The summed E-state index contributed by atoms with van der Waals surface area (Å²) in [5.74, 6) is -0.109. The van der Waals surface area contributed by atoms with Gasteiger partial charge in [-0.05, 0) is 41.1 Å². The zero-order chi connectivity index (χ0) is 17.2. The average molecular weight is 326 g/mol. The Morgan fingerprint density at radius 1 is 0.840 bits per heavy atom. The van der Waals surface area contributed by atoms with Gasteiger partial charge in [-0.2, -0.15) is 0 Å². The molecule has 4 heteroatoms. The van der Waals surface area contributed by atoms with E-state index in [0.717, 1.165) is 16.3 Å². The van der Waals surface area contributed by atoms with Crippen LogP contribution in [0.2, 0.25) is 0 Å². The van der Waals surface area contributed by atoms with Crippen molar-refractivity contribution in [3.63, 3.8) is 0 Å². The molecule has 0 spiro atoms. The van der Waals surface area contributed by atoms with E-state index in [4.69, 9.17) is 0 Å². The Bertz CT molecular complexity index is 1070. The number of ketones is 1. The fourth-order valence-electron chi connectivity index (χ4n) is 2.72. The number of phenolic OH excluding ortho intramolecular Hbond substituents is 1. The first kappa shape index (κ1) is 15.0. The Balaban J connectivity index is 1.73. The summed E-state index contributed by atoms with van der Waals surface area (Å²) in [7, 11) is 0. The standard InChI is InChI=1S/C21H14N2O2/c24-18-9-7-15(8-10-18)21(25)20-13-22-12-19(23-20)17-6-5-14-3-1-2-4-16(14)11-17/h1-13,24H. The number of benzene rings is 3. The van der Waals surface area contributed by atoms with Crippen molar-refractivity contribution in [3.05, 3.63) is 90.4 Å². The number of carbonyl (C=O) groups excluding carboxylic acids is 1. The van der Waals surface area contributed by atoms with E-state index in [2.05, 4.69) is 16.0 Å². The normalized spacial score (nSPS) is 10.7. The quantitative estimate of drug-likeness (QED) is 0.572. The molecular formula is C21H14N2O2. The summed E-state index contributed by atoms with van der Waals surface area (Å²) in [6, 6.07) is 20.2. The minimum atomic E-state index is -0.227. The van der Waals surface area contributed by atoms with E-state index in [9.17, 15) is 9.90 Å². The molecule has 0 atom stereocenters. The van der Waals surface area contributed by atoms with Crippen molar-refractivity contribution in [1.82, 2.24) is 9.97 Å². The second-order valence-electron chi connectivity index (χ2n) is 5.73. The maximum atomic E-state index is 12.6. The van der Waals surface area contributed by atoms with Crippen LogP contribution in [0.5, 0.6) is 5.75 Å². The summed E-state index contributed by atoms with van der Waals surface area (Å²) >= 11 is 0. The highest BCUT2D eigenvalue weighted by Crippen LogP contribution is 2.23. The van der Waals surface area contributed by atoms with Crippen molar-refractivity contribution < 1.29 is 9.90 Å². The molecule has 0 saturated carbocycles. The molecule has 4 nitrogen and oxygen atoms in total. The molecule has 3 aromatic carbocycles. The summed E-state index contributed by atoms with van der Waals surface area (Å²) in [4.78, 5) is 21.2. The van der Waals surface area contributed by atoms with Gasteiger partial charge < -0.3 is 5.11 Å². The number of aromatic hydroxyl groups is 1. The molecule has 0 unspecified atom stereocenters. The van der Waals surface area contributed by atoms with Crippen LogP contribution >= 0.6 is 0 Å². The third kappa shape index (κ3) is 2.97. The first-order valence-electron chi connectivity index (χ1n) is 7.86. The van der Waals surface area contributed by atoms with Gasteiger partial charge in [0.05, 0.1) is 18.1 Å². The predicted molar refractivity (Wildman–Crippen MR) is 96.5 cm³/mol. The van der Waals surface area contributed by atoms with Crippen LogP contribution in [0.15, 0.2) is 79.1 Å². The summed E-state index contributed by atoms with van der Waals surface area (Å²) < 4.78 is 0. The Morgan fingerprint density at radius 3 is 2.40 bits per heavy atom. The lowest BCUT2D eigenvalue weighted by atomic mass is 10.0. The highest BCUT2D eigenvalue weighted by atomic mass is 16.3. The van der Waals surface area contributed by atoms with Crippen LogP contribution in [-0.4, -0.2) is 20.9 Å². The highest BCUT2D eigenvalue weighted by Gasteiger charge is 2.12. The number of fused-ring (bicyclic) bond motifs is 1. The molecule has 4 aromatic rings. The molecule has 0 bridgehead atoms. The number of nitrogens with zero attached hydrogens (tertiary/aromatic N) is 2. The van der Waals surface area contributed by atoms with Crippen molar-refractivity contribution in [2.45, 2.75) is 0 Å². The maximum Gasteiger partial charge on any atom is 0.212 e. The predicted octanol–water partition coefficient (Wildman–Crippen LogP) is 4.23. The third-order valence-electron chi connectivity index (χ3n) is 4.04. The van der Waals surface area contributed by atoms with Crippen LogP contribution in [0.4, 0.5) is 0 Å². The average Bonchev–Trinajstić information content (AvgIpc) is 2.68. The first-order valence-corrected chi connectivity index (χ1v) is 7.86. The lowest BCUT2D eigenvalue weighted by molar-refractivity contribution is 0.103. The number of phenols is 1. The number of hydrogen-bond donors (Lipinski definition) is 1. The Kier molecular flexibility index (Phi) is 3.71. The maximum absolute atomic E-state index is 12.6. The fraction of sp³-hybridized carbons (Fsp3) is 0. The molecule has 0 amide bonds. The van der Waals surface area contributed by atoms with Crippen molar-refractivity contribution >= 4 is 16.6 Å². The summed E-state index contributed by atoms with van der Waals surface area (Å²) in [6.45, 7) is 0. The van der Waals surface area contributed by atoms with E-state index in [-0.39, 0.29) is 17.2 Å². The van der Waals surface area contributed by atoms with Crippen LogP contribution in [0, 0.1) is 0 Å². The minimum Gasteiger partial charge on any atom is -0.508 e. The van der Waals surface area contributed by atoms with Crippen molar-refractivity contribution in [3.8, 4) is 17.0 Å². The zero-order valence-electron chi connectivity index (χ0n) is 13.3. The number of aromatic nitrogens is 2. The van der Waals surface area contributed by atoms with E-state index in [1.807, 2.05) is 36.4 Å². The minimum absolute atomic E-state index is 0.118. The van der Waals surface area contributed by atoms with Crippen LogP contribution in [0.3, 0.4) is 0 Å². The number of carbonyl (C=O) groups is 1. The Morgan fingerprint density at radius 2 is 1.60 bits per heavy atom. The van der Waals surface area contributed by atoms with Gasteiger partial charge in [0.15, 0.2) is 0 Å². The molecule has 4 rings (SSSR count). The van der Waals surface area contributed by atoms with Crippen molar-refractivity contribution in [2.75, 3.05) is 0 Å². The van der Waals surface area contributed by atoms with E-state index in [1.165, 1.54) is 18.3 Å². The van der Waals surface area contributed by atoms with Gasteiger partial charge in [0.1, 0.15) is 11.4 Å². The molecule has 0 fully saturated rings. The SMILES string of the molecule is O=C(c1ccc(O)cc1)c1cncc(-c2ccc3ccccc3c2)n1. The lowest BCUT2D eigenvalue weighted by Crippen LogP contribution is -2.05. The van der Waals surface area contributed by atoms with Gasteiger partial charge in [0, 0.05) is 11.1 Å². The molecule has 0 aliphatic heterocycles. The second-order valence-corrected chi connectivity index (χ2v) is 5.73. The van der Waals surface area contributed by atoms with E-state index in [0.29, 0.717) is 11.3 Å². The van der Waals surface area contributed by atoms with Crippen LogP contribution in [0.25, 0.3) is 22.0 Å². The van der Waals surface area contributed by atoms with Gasteiger partial charge in [-0.15, -0.1) is 0 Å². The Hall–Kier alpha value is -3.53. The van der Waals surface area contributed by atoms with Gasteiger partial charge in [0.2, 0.25) is 5.78 Å². The second kappa shape index (κ2) is 6.17. The first-order chi connectivity index (χ1) is 12.2. The van der Waals surface area contributed by atoms with Gasteiger partial charge in [0.25, 0.3) is 0 Å². The van der Waals surface area contributed by atoms with Gasteiger partial charge in [-0.3, -0.25) is 9.78 Å². The molecule has 1 heterocycles. The summed E-state index contributed by atoms with van der Waals surface area (Å²) in [5, 5.41) is 11.6. The molecule has 25 heavy (non-hydrogen) atoms.